The number of hydrazine groups is 1. The summed E-state index contributed by atoms with van der Waals surface area (Å²) in [6.07, 6.45) is 1.33. The third-order valence-corrected chi connectivity index (χ3v) is 6.29. The van der Waals surface area contributed by atoms with Crippen molar-refractivity contribution in [3.05, 3.63) is 52.3 Å². The Morgan fingerprint density at radius 1 is 1.26 bits per heavy atom. The minimum absolute atomic E-state index is 0.0234. The molecule has 0 radical (unpaired) electrons. The normalized spacial score (nSPS) is 19.7. The number of nitrogens with zero attached hydrogens (tertiary/aromatic N) is 3. The van der Waals surface area contributed by atoms with Gasteiger partial charge in [0, 0.05) is 30.1 Å². The molecule has 162 valence electrons. The molecular weight excluding hydrogens is 416 g/mol. The summed E-state index contributed by atoms with van der Waals surface area (Å²) in [6.45, 7) is 4.77. The molecule has 2 atom stereocenters. The lowest BCUT2D eigenvalue weighted by molar-refractivity contribution is -0.122. The SMILES string of the molecule is Cc1cc(C)n(-c2nc(CCNC(=O)C3CC(c4ccc5c(c4)OCO5)NN3)cs2)n1. The summed E-state index contributed by atoms with van der Waals surface area (Å²) < 4.78 is 12.7. The zero-order chi connectivity index (χ0) is 21.4. The van der Waals surface area contributed by atoms with Crippen molar-refractivity contribution in [3.8, 4) is 16.6 Å². The van der Waals surface area contributed by atoms with Gasteiger partial charge in [-0.3, -0.25) is 4.79 Å². The Hall–Kier alpha value is -2.95. The van der Waals surface area contributed by atoms with E-state index in [1.807, 2.05) is 48.2 Å². The van der Waals surface area contributed by atoms with Crippen molar-refractivity contribution in [3.63, 3.8) is 0 Å². The smallest absolute Gasteiger partial charge is 0.238 e. The molecule has 3 N–H and O–H groups in total. The van der Waals surface area contributed by atoms with Crippen LogP contribution in [-0.2, 0) is 11.2 Å². The second-order valence-electron chi connectivity index (χ2n) is 7.74. The van der Waals surface area contributed by atoms with Crippen LogP contribution >= 0.6 is 11.3 Å². The highest BCUT2D eigenvalue weighted by atomic mass is 32.1. The van der Waals surface area contributed by atoms with Crippen molar-refractivity contribution in [1.82, 2.24) is 30.9 Å². The highest BCUT2D eigenvalue weighted by Crippen LogP contribution is 2.35. The Kier molecular flexibility index (Phi) is 5.34. The number of fused-ring (bicyclic) bond motifs is 1. The topological polar surface area (TPSA) is 102 Å². The van der Waals surface area contributed by atoms with Crippen LogP contribution in [0.1, 0.15) is 35.1 Å². The lowest BCUT2D eigenvalue weighted by Gasteiger charge is -2.11. The monoisotopic (exact) mass is 440 g/mol. The number of amides is 1. The third kappa shape index (κ3) is 4.14. The van der Waals surface area contributed by atoms with Gasteiger partial charge in [0.05, 0.1) is 11.4 Å². The van der Waals surface area contributed by atoms with Crippen LogP contribution < -0.4 is 25.6 Å². The van der Waals surface area contributed by atoms with E-state index in [1.165, 1.54) is 0 Å². The van der Waals surface area contributed by atoms with E-state index in [0.717, 1.165) is 39.3 Å². The van der Waals surface area contributed by atoms with Crippen molar-refractivity contribution in [2.75, 3.05) is 13.3 Å². The van der Waals surface area contributed by atoms with Crippen LogP contribution in [0.15, 0.2) is 29.6 Å². The van der Waals surface area contributed by atoms with Crippen molar-refractivity contribution in [2.24, 2.45) is 0 Å². The predicted molar refractivity (Wildman–Crippen MR) is 115 cm³/mol. The molecule has 5 rings (SSSR count). The van der Waals surface area contributed by atoms with Crippen LogP contribution in [0.3, 0.4) is 0 Å². The number of benzene rings is 1. The molecule has 2 aromatic heterocycles. The van der Waals surface area contributed by atoms with Gasteiger partial charge in [0.1, 0.15) is 6.04 Å². The number of hydrogen-bond acceptors (Lipinski definition) is 8. The molecule has 0 bridgehead atoms. The van der Waals surface area contributed by atoms with E-state index < -0.39 is 0 Å². The Morgan fingerprint density at radius 3 is 2.97 bits per heavy atom. The fourth-order valence-electron chi connectivity index (χ4n) is 3.84. The lowest BCUT2D eigenvalue weighted by atomic mass is 10.0. The molecule has 1 aromatic carbocycles. The van der Waals surface area contributed by atoms with E-state index in [-0.39, 0.29) is 24.8 Å². The molecule has 0 spiro atoms. The molecule has 0 aliphatic carbocycles. The fraction of sp³-hybridized carbons (Fsp3) is 0.381. The van der Waals surface area contributed by atoms with E-state index in [4.69, 9.17) is 9.47 Å². The first-order chi connectivity index (χ1) is 15.1. The Bertz CT molecular complexity index is 1110. The third-order valence-electron chi connectivity index (χ3n) is 5.43. The molecule has 10 heteroatoms. The Balaban J connectivity index is 1.12. The summed E-state index contributed by atoms with van der Waals surface area (Å²) in [6, 6.07) is 7.63. The summed E-state index contributed by atoms with van der Waals surface area (Å²) in [5.74, 6) is 1.48. The average Bonchev–Trinajstić information content (AvgIpc) is 3.54. The molecule has 31 heavy (non-hydrogen) atoms. The molecule has 0 saturated carbocycles. The summed E-state index contributed by atoms with van der Waals surface area (Å²) in [5, 5.41) is 10.3. The molecule has 1 amide bonds. The van der Waals surface area contributed by atoms with Crippen molar-refractivity contribution < 1.29 is 14.3 Å². The Morgan fingerprint density at radius 2 is 2.13 bits per heavy atom. The zero-order valence-electron chi connectivity index (χ0n) is 17.3. The van der Waals surface area contributed by atoms with Gasteiger partial charge in [0.2, 0.25) is 17.8 Å². The molecule has 2 aliphatic heterocycles. The highest BCUT2D eigenvalue weighted by molar-refractivity contribution is 7.12. The van der Waals surface area contributed by atoms with Gasteiger partial charge < -0.3 is 14.8 Å². The van der Waals surface area contributed by atoms with Gasteiger partial charge in [-0.25, -0.2) is 20.5 Å². The Labute approximate surface area is 183 Å². The van der Waals surface area contributed by atoms with Gasteiger partial charge >= 0.3 is 0 Å². The van der Waals surface area contributed by atoms with E-state index in [2.05, 4.69) is 26.3 Å². The molecule has 2 aliphatic rings. The molecule has 1 fully saturated rings. The summed E-state index contributed by atoms with van der Waals surface area (Å²) in [5.41, 5.74) is 10.3. The number of carbonyl (C=O) groups excluding carboxylic acids is 1. The van der Waals surface area contributed by atoms with E-state index in [1.54, 1.807) is 11.3 Å². The number of carbonyl (C=O) groups is 1. The first-order valence-corrected chi connectivity index (χ1v) is 11.1. The van der Waals surface area contributed by atoms with Crippen LogP contribution in [-0.4, -0.2) is 40.1 Å². The predicted octanol–water partition coefficient (Wildman–Crippen LogP) is 1.94. The number of aromatic nitrogens is 3. The number of nitrogens with one attached hydrogen (secondary N) is 3. The van der Waals surface area contributed by atoms with Gasteiger partial charge in [0.15, 0.2) is 11.5 Å². The molecule has 1 saturated heterocycles. The van der Waals surface area contributed by atoms with E-state index in [0.29, 0.717) is 19.4 Å². The number of rotatable bonds is 6. The second kappa shape index (κ2) is 8.29. The maximum atomic E-state index is 12.6. The molecule has 4 heterocycles. The molecule has 9 nitrogen and oxygen atoms in total. The second-order valence-corrected chi connectivity index (χ2v) is 8.58. The van der Waals surface area contributed by atoms with E-state index in [9.17, 15) is 4.79 Å². The van der Waals surface area contributed by atoms with Gasteiger partial charge in [-0.2, -0.15) is 5.10 Å². The number of aryl methyl sites for hydroxylation is 2. The first-order valence-electron chi connectivity index (χ1n) is 10.2. The maximum Gasteiger partial charge on any atom is 0.238 e. The van der Waals surface area contributed by atoms with Crippen molar-refractivity contribution >= 4 is 17.2 Å². The van der Waals surface area contributed by atoms with Gasteiger partial charge in [-0.1, -0.05) is 6.07 Å². The molecule has 3 aromatic rings. The quantitative estimate of drug-likeness (QED) is 0.538. The number of thiazole rings is 1. The summed E-state index contributed by atoms with van der Waals surface area (Å²) in [4.78, 5) is 17.2. The summed E-state index contributed by atoms with van der Waals surface area (Å²) in [7, 11) is 0. The fourth-order valence-corrected chi connectivity index (χ4v) is 4.71. The maximum absolute atomic E-state index is 12.6. The van der Waals surface area contributed by atoms with Crippen molar-refractivity contribution in [1.29, 1.82) is 0 Å². The first kappa shape index (κ1) is 20.0. The van der Waals surface area contributed by atoms with Crippen LogP contribution in [0.5, 0.6) is 11.5 Å². The molecular formula is C21H24N6O3S. The zero-order valence-corrected chi connectivity index (χ0v) is 18.2. The standard InChI is InChI=1S/C21H24N6O3S/c1-12-7-13(2)27(26-12)21-23-15(10-31-21)5-6-22-20(28)17-9-16(24-25-17)14-3-4-18-19(8-14)30-11-29-18/h3-4,7-8,10,16-17,24-25H,5-6,9,11H2,1-2H3,(H,22,28). The van der Waals surface area contributed by atoms with E-state index >= 15 is 0 Å². The van der Waals surface area contributed by atoms with Gasteiger partial charge in [-0.15, -0.1) is 11.3 Å². The van der Waals surface area contributed by atoms with Crippen molar-refractivity contribution in [2.45, 2.75) is 38.8 Å². The lowest BCUT2D eigenvalue weighted by Crippen LogP contribution is -2.43. The number of ether oxygens (including phenoxy) is 2. The van der Waals surface area contributed by atoms with Crippen LogP contribution in [0.25, 0.3) is 5.13 Å². The highest BCUT2D eigenvalue weighted by Gasteiger charge is 2.30. The average molecular weight is 441 g/mol. The van der Waals surface area contributed by atoms with Crippen LogP contribution in [0, 0.1) is 13.8 Å². The molecule has 2 unspecified atom stereocenters. The van der Waals surface area contributed by atoms with Gasteiger partial charge in [0.25, 0.3) is 0 Å². The van der Waals surface area contributed by atoms with Gasteiger partial charge in [-0.05, 0) is 44.0 Å². The summed E-state index contributed by atoms with van der Waals surface area (Å²) >= 11 is 1.56. The van der Waals surface area contributed by atoms with Crippen LogP contribution in [0.4, 0.5) is 0 Å². The minimum atomic E-state index is -0.295. The number of hydrogen-bond donors (Lipinski definition) is 3. The minimum Gasteiger partial charge on any atom is -0.454 e. The van der Waals surface area contributed by atoms with Crippen LogP contribution in [0.2, 0.25) is 0 Å². The largest absolute Gasteiger partial charge is 0.454 e.